The highest BCUT2D eigenvalue weighted by Gasteiger charge is 2.22. The van der Waals surface area contributed by atoms with Crippen molar-refractivity contribution in [1.29, 1.82) is 0 Å². The zero-order valence-corrected chi connectivity index (χ0v) is 14.8. The van der Waals surface area contributed by atoms with Crippen LogP contribution in [-0.4, -0.2) is 40.1 Å². The Morgan fingerprint density at radius 2 is 2.19 bits per heavy atom. The summed E-state index contributed by atoms with van der Waals surface area (Å²) in [6.07, 6.45) is 5.23. The minimum absolute atomic E-state index is 0.189. The molecule has 3 aromatic heterocycles. The number of fused-ring (bicyclic) bond motifs is 1. The summed E-state index contributed by atoms with van der Waals surface area (Å²) in [6.45, 7) is 1.42. The van der Waals surface area contributed by atoms with Gasteiger partial charge in [0.15, 0.2) is 16.8 Å². The Morgan fingerprint density at radius 1 is 1.38 bits per heavy atom. The lowest BCUT2D eigenvalue weighted by molar-refractivity contribution is 0.0675. The first-order valence-corrected chi connectivity index (χ1v) is 8.62. The second kappa shape index (κ2) is 7.05. The number of aromatic nitrogens is 4. The van der Waals surface area contributed by atoms with E-state index in [-0.39, 0.29) is 17.1 Å². The van der Waals surface area contributed by atoms with Gasteiger partial charge in [-0.3, -0.25) is 9.67 Å². The van der Waals surface area contributed by atoms with E-state index in [1.165, 1.54) is 13.2 Å². The predicted octanol–water partition coefficient (Wildman–Crippen LogP) is 3.72. The van der Waals surface area contributed by atoms with E-state index >= 15 is 0 Å². The fourth-order valence-corrected chi connectivity index (χ4v) is 3.24. The number of nitrogens with zero attached hydrogens (tertiary/aromatic N) is 4. The molecule has 9 heteroatoms. The number of rotatable bonds is 4. The van der Waals surface area contributed by atoms with Crippen LogP contribution >= 0.6 is 11.6 Å². The molecule has 1 aliphatic heterocycles. The topological polar surface area (TPSA) is 74.1 Å². The van der Waals surface area contributed by atoms with Crippen LogP contribution in [0.2, 0.25) is 5.15 Å². The van der Waals surface area contributed by atoms with Gasteiger partial charge in [-0.1, -0.05) is 11.6 Å². The van der Waals surface area contributed by atoms with Crippen molar-refractivity contribution in [2.75, 3.05) is 25.6 Å². The Hall–Kier alpha value is -2.45. The summed E-state index contributed by atoms with van der Waals surface area (Å²) < 4.78 is 26.5. The zero-order valence-electron chi connectivity index (χ0n) is 14.1. The second-order valence-electron chi connectivity index (χ2n) is 5.97. The van der Waals surface area contributed by atoms with Crippen LogP contribution in [0.4, 0.5) is 15.9 Å². The number of hydrogen-bond acceptors (Lipinski definition) is 6. The molecule has 1 aliphatic rings. The Balaban J connectivity index is 1.77. The van der Waals surface area contributed by atoms with Crippen LogP contribution < -0.4 is 10.1 Å². The van der Waals surface area contributed by atoms with E-state index in [4.69, 9.17) is 26.2 Å². The zero-order chi connectivity index (χ0) is 18.1. The average molecular weight is 378 g/mol. The summed E-state index contributed by atoms with van der Waals surface area (Å²) in [5.41, 5.74) is 1.30. The molecular formula is C17H17ClFN5O2. The molecule has 1 fully saturated rings. The molecule has 0 bridgehead atoms. The third-order valence-electron chi connectivity index (χ3n) is 4.39. The number of nitrogens with one attached hydrogen (secondary N) is 1. The quantitative estimate of drug-likeness (QED) is 0.698. The van der Waals surface area contributed by atoms with Crippen LogP contribution in [0.5, 0.6) is 5.88 Å². The van der Waals surface area contributed by atoms with Crippen molar-refractivity contribution in [1.82, 2.24) is 19.7 Å². The maximum atomic E-state index is 13.9. The molecule has 7 nitrogen and oxygen atoms in total. The Bertz CT molecular complexity index is 942. The first-order chi connectivity index (χ1) is 12.7. The molecule has 0 atom stereocenters. The maximum absolute atomic E-state index is 13.9. The van der Waals surface area contributed by atoms with E-state index in [2.05, 4.69) is 15.3 Å². The molecule has 136 valence electrons. The van der Waals surface area contributed by atoms with Gasteiger partial charge in [0.25, 0.3) is 0 Å². The molecule has 3 aromatic rings. The molecule has 0 spiro atoms. The fraction of sp³-hybridized carbons (Fsp3) is 0.353. The van der Waals surface area contributed by atoms with Crippen LogP contribution in [0, 0.1) is 5.82 Å². The van der Waals surface area contributed by atoms with Crippen LogP contribution in [0.3, 0.4) is 0 Å². The van der Waals surface area contributed by atoms with Crippen molar-refractivity contribution in [3.8, 4) is 5.88 Å². The Kier molecular flexibility index (Phi) is 4.60. The van der Waals surface area contributed by atoms with Crippen molar-refractivity contribution < 1.29 is 13.9 Å². The van der Waals surface area contributed by atoms with Gasteiger partial charge in [-0.05, 0) is 18.9 Å². The molecule has 0 aromatic carbocycles. The smallest absolute Gasteiger partial charge is 0.239 e. The Morgan fingerprint density at radius 3 is 2.96 bits per heavy atom. The lowest BCUT2D eigenvalue weighted by Crippen LogP contribution is -2.20. The monoisotopic (exact) mass is 377 g/mol. The molecule has 4 rings (SSSR count). The maximum Gasteiger partial charge on any atom is 0.239 e. The molecule has 0 radical (unpaired) electrons. The van der Waals surface area contributed by atoms with E-state index in [9.17, 15) is 4.39 Å². The first kappa shape index (κ1) is 17.0. The number of pyridine rings is 2. The van der Waals surface area contributed by atoms with Gasteiger partial charge in [-0.2, -0.15) is 10.1 Å². The average Bonchev–Trinajstić information content (AvgIpc) is 3.04. The van der Waals surface area contributed by atoms with Crippen molar-refractivity contribution in [2.45, 2.75) is 18.9 Å². The first-order valence-electron chi connectivity index (χ1n) is 8.24. The fourth-order valence-electron chi connectivity index (χ4n) is 3.11. The third-order valence-corrected chi connectivity index (χ3v) is 4.65. The van der Waals surface area contributed by atoms with Crippen molar-refractivity contribution >= 4 is 34.0 Å². The van der Waals surface area contributed by atoms with Crippen LogP contribution in [0.25, 0.3) is 10.9 Å². The van der Waals surface area contributed by atoms with E-state index in [0.29, 0.717) is 24.7 Å². The van der Waals surface area contributed by atoms with E-state index in [1.807, 2.05) is 10.7 Å². The van der Waals surface area contributed by atoms with Crippen molar-refractivity contribution in [2.24, 2.45) is 0 Å². The number of anilines is 2. The van der Waals surface area contributed by atoms with Gasteiger partial charge in [-0.25, -0.2) is 4.39 Å². The number of halogens is 2. The highest BCUT2D eigenvalue weighted by atomic mass is 35.5. The summed E-state index contributed by atoms with van der Waals surface area (Å²) in [7, 11) is 1.45. The largest absolute Gasteiger partial charge is 0.479 e. The number of ether oxygens (including phenoxy) is 2. The van der Waals surface area contributed by atoms with Crippen LogP contribution in [0.15, 0.2) is 24.5 Å². The van der Waals surface area contributed by atoms with Gasteiger partial charge in [0.2, 0.25) is 5.88 Å². The molecule has 0 aliphatic carbocycles. The molecule has 26 heavy (non-hydrogen) atoms. The third kappa shape index (κ3) is 3.06. The summed E-state index contributed by atoms with van der Waals surface area (Å²) >= 11 is 5.73. The normalized spacial score (nSPS) is 15.3. The summed E-state index contributed by atoms with van der Waals surface area (Å²) in [6, 6.07) is 3.40. The molecule has 0 saturated carbocycles. The van der Waals surface area contributed by atoms with Crippen LogP contribution in [-0.2, 0) is 4.74 Å². The highest BCUT2D eigenvalue weighted by Crippen LogP contribution is 2.34. The van der Waals surface area contributed by atoms with Crippen LogP contribution in [0.1, 0.15) is 18.9 Å². The Labute approximate surface area is 154 Å². The molecule has 1 N–H and O–H groups in total. The molecular weight excluding hydrogens is 361 g/mol. The molecule has 1 saturated heterocycles. The van der Waals surface area contributed by atoms with Crippen molar-refractivity contribution in [3.63, 3.8) is 0 Å². The summed E-state index contributed by atoms with van der Waals surface area (Å²) in [5.74, 6) is 0.108. The molecule has 0 amide bonds. The standard InChI is InChI=1S/C17H17ClFN5O2/c1-25-17-13(8-12(19)15(18)22-17)21-16-11-9-20-5-2-14(11)24(23-16)10-3-6-26-7-4-10/h2,5,8-10H,3-4,6-7H2,1H3,(H,21,23). The lowest BCUT2D eigenvalue weighted by Gasteiger charge is -2.23. The number of hydrogen-bond donors (Lipinski definition) is 1. The van der Waals surface area contributed by atoms with Gasteiger partial charge >= 0.3 is 0 Å². The van der Waals surface area contributed by atoms with E-state index in [1.54, 1.807) is 12.4 Å². The van der Waals surface area contributed by atoms with E-state index in [0.717, 1.165) is 23.7 Å². The van der Waals surface area contributed by atoms with Gasteiger partial charge in [-0.15, -0.1) is 0 Å². The SMILES string of the molecule is COc1nc(Cl)c(F)cc1Nc1nn(C2CCOCC2)c2ccncc12. The predicted molar refractivity (Wildman–Crippen MR) is 95.7 cm³/mol. The van der Waals surface area contributed by atoms with Crippen molar-refractivity contribution in [3.05, 3.63) is 35.5 Å². The molecule has 0 unspecified atom stereocenters. The summed E-state index contributed by atoms with van der Waals surface area (Å²) in [4.78, 5) is 8.09. The van der Waals surface area contributed by atoms with Gasteiger partial charge < -0.3 is 14.8 Å². The van der Waals surface area contributed by atoms with E-state index < -0.39 is 5.82 Å². The minimum Gasteiger partial charge on any atom is -0.479 e. The highest BCUT2D eigenvalue weighted by molar-refractivity contribution is 6.29. The second-order valence-corrected chi connectivity index (χ2v) is 6.33. The van der Waals surface area contributed by atoms with Gasteiger partial charge in [0.05, 0.1) is 24.1 Å². The van der Waals surface area contributed by atoms with Gasteiger partial charge in [0, 0.05) is 31.7 Å². The lowest BCUT2D eigenvalue weighted by atomic mass is 10.1. The summed E-state index contributed by atoms with van der Waals surface area (Å²) in [5, 5.41) is 8.40. The van der Waals surface area contributed by atoms with Gasteiger partial charge in [0.1, 0.15) is 5.69 Å². The molecule has 4 heterocycles. The number of methoxy groups -OCH3 is 1. The minimum atomic E-state index is -0.638.